The summed E-state index contributed by atoms with van der Waals surface area (Å²) in [5.74, 6) is -1.97. The predicted molar refractivity (Wildman–Crippen MR) is 87.5 cm³/mol. The van der Waals surface area contributed by atoms with Crippen LogP contribution in [0.5, 0.6) is 0 Å². The van der Waals surface area contributed by atoms with Crippen molar-refractivity contribution in [3.63, 3.8) is 0 Å². The quantitative estimate of drug-likeness (QED) is 0.810. The number of carbonyl (C=O) groups excluding carboxylic acids is 2. The summed E-state index contributed by atoms with van der Waals surface area (Å²) in [6.45, 7) is -0.0922. The molecule has 7 heteroatoms. The zero-order valence-corrected chi connectivity index (χ0v) is 13.6. The normalized spacial score (nSPS) is 10.3. The largest absolute Gasteiger partial charge is 0.452 e. The molecular weight excluding hydrogens is 337 g/mol. The number of anilines is 1. The van der Waals surface area contributed by atoms with E-state index < -0.39 is 24.3 Å². The molecule has 2 rings (SSSR count). The summed E-state index contributed by atoms with van der Waals surface area (Å²) in [6.07, 6.45) is 0. The average Bonchev–Trinajstić information content (AvgIpc) is 2.56. The van der Waals surface area contributed by atoms with Crippen LogP contribution in [0.4, 0.5) is 10.1 Å². The highest BCUT2D eigenvalue weighted by atomic mass is 35.5. The number of halogens is 2. The molecule has 5 nitrogen and oxygen atoms in total. The van der Waals surface area contributed by atoms with Gasteiger partial charge in [-0.3, -0.25) is 4.79 Å². The first-order chi connectivity index (χ1) is 11.5. The lowest BCUT2D eigenvalue weighted by atomic mass is 10.1. The Morgan fingerprint density at radius 1 is 1.17 bits per heavy atom. The number of nitrogens with one attached hydrogen (secondary N) is 1. The number of hydrogen-bond donors (Lipinski definition) is 1. The molecule has 0 atom stereocenters. The molecule has 0 saturated heterocycles. The van der Waals surface area contributed by atoms with Crippen molar-refractivity contribution in [2.45, 2.75) is 6.61 Å². The van der Waals surface area contributed by atoms with Crippen molar-refractivity contribution in [2.75, 3.05) is 19.0 Å². The van der Waals surface area contributed by atoms with E-state index in [1.807, 2.05) is 0 Å². The number of methoxy groups -OCH3 is 1. The molecule has 24 heavy (non-hydrogen) atoms. The first kappa shape index (κ1) is 17.9. The molecule has 2 aromatic carbocycles. The molecule has 0 radical (unpaired) electrons. The minimum atomic E-state index is -0.670. The fraction of sp³-hybridized carbons (Fsp3) is 0.176. The fourth-order valence-electron chi connectivity index (χ4n) is 1.90. The van der Waals surface area contributed by atoms with E-state index in [1.54, 1.807) is 31.4 Å². The molecule has 0 saturated carbocycles. The first-order valence-electron chi connectivity index (χ1n) is 6.99. The Morgan fingerprint density at radius 2 is 1.88 bits per heavy atom. The molecule has 0 spiro atoms. The van der Waals surface area contributed by atoms with Gasteiger partial charge in [-0.15, -0.1) is 0 Å². The summed E-state index contributed by atoms with van der Waals surface area (Å²) < 4.78 is 23.4. The van der Waals surface area contributed by atoms with Gasteiger partial charge in [-0.2, -0.15) is 0 Å². The van der Waals surface area contributed by atoms with Crippen LogP contribution < -0.4 is 5.32 Å². The Morgan fingerprint density at radius 3 is 2.50 bits per heavy atom. The average molecular weight is 352 g/mol. The summed E-state index contributed by atoms with van der Waals surface area (Å²) >= 11 is 5.62. The van der Waals surface area contributed by atoms with E-state index in [1.165, 1.54) is 12.1 Å². The molecule has 126 valence electrons. The summed E-state index contributed by atoms with van der Waals surface area (Å²) in [4.78, 5) is 23.6. The van der Waals surface area contributed by atoms with E-state index in [2.05, 4.69) is 5.32 Å². The van der Waals surface area contributed by atoms with Crippen LogP contribution in [0.25, 0.3) is 0 Å². The SMILES string of the molecule is COCc1ccc(C(=O)OCC(=O)Nc2ccc(Cl)cc2F)cc1. The molecule has 0 fully saturated rings. The Labute approximate surface area is 143 Å². The number of esters is 1. The van der Waals surface area contributed by atoms with Crippen molar-refractivity contribution >= 4 is 29.2 Å². The van der Waals surface area contributed by atoms with Crippen molar-refractivity contribution in [2.24, 2.45) is 0 Å². The summed E-state index contributed by atoms with van der Waals surface area (Å²) in [7, 11) is 1.57. The van der Waals surface area contributed by atoms with Crippen LogP contribution in [0.1, 0.15) is 15.9 Å². The number of rotatable bonds is 6. The van der Waals surface area contributed by atoms with Gasteiger partial charge in [0.15, 0.2) is 6.61 Å². The Balaban J connectivity index is 1.87. The highest BCUT2D eigenvalue weighted by Gasteiger charge is 2.12. The van der Waals surface area contributed by atoms with E-state index in [0.29, 0.717) is 12.2 Å². The van der Waals surface area contributed by atoms with Gasteiger partial charge in [0.2, 0.25) is 0 Å². The van der Waals surface area contributed by atoms with Gasteiger partial charge in [0.05, 0.1) is 17.9 Å². The standard InChI is InChI=1S/C17H15ClFNO4/c1-23-9-11-2-4-12(5-3-11)17(22)24-10-16(21)20-15-7-6-13(18)8-14(15)19/h2-8H,9-10H2,1H3,(H,20,21). The maximum absolute atomic E-state index is 13.6. The van der Waals surface area contributed by atoms with Gasteiger partial charge in [-0.25, -0.2) is 9.18 Å². The van der Waals surface area contributed by atoms with Crippen LogP contribution in [0.2, 0.25) is 5.02 Å². The smallest absolute Gasteiger partial charge is 0.338 e. The highest BCUT2D eigenvalue weighted by Crippen LogP contribution is 2.18. The van der Waals surface area contributed by atoms with Gasteiger partial charge in [0, 0.05) is 12.1 Å². The summed E-state index contributed by atoms with van der Waals surface area (Å²) in [6, 6.07) is 10.4. The molecule has 0 aliphatic carbocycles. The maximum Gasteiger partial charge on any atom is 0.338 e. The summed E-state index contributed by atoms with van der Waals surface area (Å²) in [5.41, 5.74) is 1.18. The second-order valence-electron chi connectivity index (χ2n) is 4.88. The molecule has 0 unspecified atom stereocenters. The molecule has 0 aromatic heterocycles. The van der Waals surface area contributed by atoms with E-state index in [4.69, 9.17) is 21.1 Å². The zero-order valence-electron chi connectivity index (χ0n) is 12.8. The van der Waals surface area contributed by atoms with Gasteiger partial charge in [0.1, 0.15) is 5.82 Å². The van der Waals surface area contributed by atoms with E-state index >= 15 is 0 Å². The van der Waals surface area contributed by atoms with Crippen molar-refractivity contribution in [3.05, 3.63) is 64.4 Å². The lowest BCUT2D eigenvalue weighted by Gasteiger charge is -2.08. The Bertz CT molecular complexity index is 734. The van der Waals surface area contributed by atoms with Crippen LogP contribution in [-0.2, 0) is 20.9 Å². The van der Waals surface area contributed by atoms with E-state index in [9.17, 15) is 14.0 Å². The Kier molecular flexibility index (Phi) is 6.28. The van der Waals surface area contributed by atoms with Crippen molar-refractivity contribution in [1.29, 1.82) is 0 Å². The van der Waals surface area contributed by atoms with Gasteiger partial charge in [-0.05, 0) is 35.9 Å². The highest BCUT2D eigenvalue weighted by molar-refractivity contribution is 6.30. The van der Waals surface area contributed by atoms with Gasteiger partial charge in [0.25, 0.3) is 5.91 Å². The first-order valence-corrected chi connectivity index (χ1v) is 7.37. The fourth-order valence-corrected chi connectivity index (χ4v) is 2.05. The van der Waals surface area contributed by atoms with Crippen LogP contribution in [0.15, 0.2) is 42.5 Å². The van der Waals surface area contributed by atoms with Crippen LogP contribution >= 0.6 is 11.6 Å². The monoisotopic (exact) mass is 351 g/mol. The van der Waals surface area contributed by atoms with Crippen LogP contribution in [0.3, 0.4) is 0 Å². The third-order valence-electron chi connectivity index (χ3n) is 3.04. The van der Waals surface area contributed by atoms with Crippen LogP contribution in [-0.4, -0.2) is 25.6 Å². The summed E-state index contributed by atoms with van der Waals surface area (Å²) in [5, 5.41) is 2.52. The van der Waals surface area contributed by atoms with Gasteiger partial charge >= 0.3 is 5.97 Å². The van der Waals surface area contributed by atoms with Gasteiger partial charge < -0.3 is 14.8 Å². The molecular formula is C17H15ClFNO4. The Hall–Kier alpha value is -2.44. The molecule has 0 aliphatic heterocycles. The number of carbonyl (C=O) groups is 2. The van der Waals surface area contributed by atoms with Crippen molar-refractivity contribution < 1.29 is 23.5 Å². The van der Waals surface area contributed by atoms with E-state index in [0.717, 1.165) is 11.6 Å². The molecule has 2 aromatic rings. The second kappa shape index (κ2) is 8.42. The minimum Gasteiger partial charge on any atom is -0.452 e. The van der Waals surface area contributed by atoms with Crippen molar-refractivity contribution in [3.8, 4) is 0 Å². The predicted octanol–water partition coefficient (Wildman–Crippen LogP) is 3.42. The number of benzene rings is 2. The lowest BCUT2D eigenvalue weighted by Crippen LogP contribution is -2.21. The number of ether oxygens (including phenoxy) is 2. The number of hydrogen-bond acceptors (Lipinski definition) is 4. The van der Waals surface area contributed by atoms with Gasteiger partial charge in [-0.1, -0.05) is 23.7 Å². The molecule has 0 bridgehead atoms. The zero-order chi connectivity index (χ0) is 17.5. The molecule has 0 aliphatic rings. The topological polar surface area (TPSA) is 64.6 Å². The van der Waals surface area contributed by atoms with E-state index in [-0.39, 0.29) is 10.7 Å². The molecule has 1 amide bonds. The third-order valence-corrected chi connectivity index (χ3v) is 3.28. The molecule has 0 heterocycles. The second-order valence-corrected chi connectivity index (χ2v) is 5.31. The molecule has 1 N–H and O–H groups in total. The van der Waals surface area contributed by atoms with Crippen molar-refractivity contribution in [1.82, 2.24) is 0 Å². The minimum absolute atomic E-state index is 0.0376. The third kappa shape index (κ3) is 5.04. The lowest BCUT2D eigenvalue weighted by molar-refractivity contribution is -0.119. The number of amides is 1. The maximum atomic E-state index is 13.6. The van der Waals surface area contributed by atoms with Crippen LogP contribution in [0, 0.1) is 5.82 Å².